The van der Waals surface area contributed by atoms with Crippen LogP contribution in [0.2, 0.25) is 0 Å². The van der Waals surface area contributed by atoms with Crippen LogP contribution in [0, 0.1) is 0 Å². The van der Waals surface area contributed by atoms with Crippen LogP contribution in [0.25, 0.3) is 0 Å². The highest BCUT2D eigenvalue weighted by molar-refractivity contribution is 5.93. The molecular formula is C12H16N2O2. The number of pyridine rings is 1. The van der Waals surface area contributed by atoms with Crippen molar-refractivity contribution in [3.8, 4) is 0 Å². The first-order valence-electron chi connectivity index (χ1n) is 5.58. The van der Waals surface area contributed by atoms with Crippen LogP contribution in [0.4, 0.5) is 5.82 Å². The first-order chi connectivity index (χ1) is 7.66. The van der Waals surface area contributed by atoms with Gasteiger partial charge in [0.2, 0.25) is 0 Å². The summed E-state index contributed by atoms with van der Waals surface area (Å²) in [5, 5.41) is 12.8. The summed E-state index contributed by atoms with van der Waals surface area (Å²) in [6.45, 7) is 1.52. The third-order valence-electron chi connectivity index (χ3n) is 2.98. The third-order valence-corrected chi connectivity index (χ3v) is 2.98. The Morgan fingerprint density at radius 2 is 2.31 bits per heavy atom. The number of hydrogen-bond donors (Lipinski definition) is 2. The number of Topliss-reactive ketones (excluding diaryl/α,β-unsaturated/α-hetero) is 1. The van der Waals surface area contributed by atoms with Gasteiger partial charge in [-0.15, -0.1) is 0 Å². The zero-order chi connectivity index (χ0) is 11.5. The Kier molecular flexibility index (Phi) is 3.19. The fourth-order valence-corrected chi connectivity index (χ4v) is 1.99. The van der Waals surface area contributed by atoms with E-state index in [1.54, 1.807) is 18.3 Å². The number of carbonyl (C=O) groups excluding carboxylic acids is 1. The maximum absolute atomic E-state index is 11.1. The van der Waals surface area contributed by atoms with E-state index < -0.39 is 0 Å². The number of nitrogens with one attached hydrogen (secondary N) is 1. The molecular weight excluding hydrogens is 204 g/mol. The van der Waals surface area contributed by atoms with Crippen LogP contribution in [0.3, 0.4) is 0 Å². The Bertz CT molecular complexity index is 375. The molecule has 16 heavy (non-hydrogen) atoms. The van der Waals surface area contributed by atoms with Crippen LogP contribution in [0.1, 0.15) is 36.5 Å². The second kappa shape index (κ2) is 4.61. The number of rotatable bonds is 3. The van der Waals surface area contributed by atoms with Crippen molar-refractivity contribution in [3.63, 3.8) is 0 Å². The quantitative estimate of drug-likeness (QED) is 0.760. The number of carbonyl (C=O) groups is 1. The monoisotopic (exact) mass is 220 g/mol. The number of aliphatic hydroxyl groups is 1. The fourth-order valence-electron chi connectivity index (χ4n) is 1.99. The van der Waals surface area contributed by atoms with E-state index in [-0.39, 0.29) is 17.9 Å². The molecule has 1 aliphatic rings. The summed E-state index contributed by atoms with van der Waals surface area (Å²) < 4.78 is 0. The van der Waals surface area contributed by atoms with Crippen LogP contribution in [0.15, 0.2) is 18.3 Å². The van der Waals surface area contributed by atoms with Crippen molar-refractivity contribution in [3.05, 3.63) is 23.9 Å². The Balaban J connectivity index is 2.02. The van der Waals surface area contributed by atoms with Gasteiger partial charge in [0.05, 0.1) is 12.1 Å². The summed E-state index contributed by atoms with van der Waals surface area (Å²) >= 11 is 0. The van der Waals surface area contributed by atoms with E-state index in [0.29, 0.717) is 5.56 Å². The minimum Gasteiger partial charge on any atom is -0.391 e. The molecule has 1 aromatic rings. The number of anilines is 1. The van der Waals surface area contributed by atoms with Gasteiger partial charge in [0, 0.05) is 11.8 Å². The molecule has 0 radical (unpaired) electrons. The molecule has 0 bridgehead atoms. The molecule has 2 N–H and O–H groups in total. The summed E-state index contributed by atoms with van der Waals surface area (Å²) in [5.41, 5.74) is 0.609. The first-order valence-corrected chi connectivity index (χ1v) is 5.58. The largest absolute Gasteiger partial charge is 0.391 e. The molecule has 0 aromatic carbocycles. The normalized spacial score (nSPS) is 24.4. The lowest BCUT2D eigenvalue weighted by Crippen LogP contribution is -2.28. The Hall–Kier alpha value is -1.42. The van der Waals surface area contributed by atoms with E-state index in [4.69, 9.17) is 0 Å². The van der Waals surface area contributed by atoms with Gasteiger partial charge in [0.15, 0.2) is 5.78 Å². The van der Waals surface area contributed by atoms with E-state index in [2.05, 4.69) is 10.3 Å². The van der Waals surface area contributed by atoms with Crippen molar-refractivity contribution in [1.82, 2.24) is 4.98 Å². The molecule has 0 saturated heterocycles. The minimum absolute atomic E-state index is 0.0138. The van der Waals surface area contributed by atoms with Gasteiger partial charge in [-0.05, 0) is 38.3 Å². The summed E-state index contributed by atoms with van der Waals surface area (Å²) in [6, 6.07) is 3.62. The highest BCUT2D eigenvalue weighted by Crippen LogP contribution is 2.22. The maximum atomic E-state index is 11.1. The zero-order valence-corrected chi connectivity index (χ0v) is 9.31. The van der Waals surface area contributed by atoms with Crippen molar-refractivity contribution in [2.75, 3.05) is 5.32 Å². The number of hydrogen-bond acceptors (Lipinski definition) is 4. The predicted molar refractivity (Wildman–Crippen MR) is 61.5 cm³/mol. The van der Waals surface area contributed by atoms with Gasteiger partial charge in [-0.1, -0.05) is 0 Å². The minimum atomic E-state index is -0.283. The molecule has 0 spiro atoms. The third kappa shape index (κ3) is 2.39. The van der Waals surface area contributed by atoms with Gasteiger partial charge in [-0.3, -0.25) is 4.79 Å². The lowest BCUT2D eigenvalue weighted by molar-refractivity contribution is 0.101. The van der Waals surface area contributed by atoms with Gasteiger partial charge >= 0.3 is 0 Å². The van der Waals surface area contributed by atoms with E-state index in [1.807, 2.05) is 0 Å². The predicted octanol–water partition coefficient (Wildman–Crippen LogP) is 1.61. The molecule has 0 amide bonds. The van der Waals surface area contributed by atoms with Gasteiger partial charge in [-0.2, -0.15) is 0 Å². The van der Waals surface area contributed by atoms with Crippen LogP contribution >= 0.6 is 0 Å². The summed E-state index contributed by atoms with van der Waals surface area (Å²) in [5.74, 6) is 0.732. The molecule has 86 valence electrons. The summed E-state index contributed by atoms with van der Waals surface area (Å²) in [7, 11) is 0. The van der Waals surface area contributed by atoms with Crippen LogP contribution in [0.5, 0.6) is 0 Å². The standard InChI is InChI=1S/C12H16N2O2/c1-8(15)9-5-6-12(13-7-9)14-10-3-2-4-11(10)16/h5-7,10-11,16H,2-4H2,1H3,(H,13,14). The van der Waals surface area contributed by atoms with Crippen LogP contribution in [-0.4, -0.2) is 28.0 Å². The van der Waals surface area contributed by atoms with E-state index in [9.17, 15) is 9.90 Å². The smallest absolute Gasteiger partial charge is 0.161 e. The van der Waals surface area contributed by atoms with Crippen molar-refractivity contribution in [2.24, 2.45) is 0 Å². The molecule has 4 heteroatoms. The molecule has 1 aliphatic carbocycles. The van der Waals surface area contributed by atoms with Gasteiger partial charge < -0.3 is 10.4 Å². The van der Waals surface area contributed by atoms with Crippen molar-refractivity contribution >= 4 is 11.6 Å². The second-order valence-electron chi connectivity index (χ2n) is 4.24. The number of ketones is 1. The van der Waals surface area contributed by atoms with E-state index in [1.165, 1.54) is 6.92 Å². The zero-order valence-electron chi connectivity index (χ0n) is 9.31. The molecule has 0 aliphatic heterocycles. The Morgan fingerprint density at radius 3 is 2.81 bits per heavy atom. The average Bonchev–Trinajstić information content (AvgIpc) is 2.65. The highest BCUT2D eigenvalue weighted by Gasteiger charge is 2.24. The van der Waals surface area contributed by atoms with Crippen molar-refractivity contribution in [1.29, 1.82) is 0 Å². The lowest BCUT2D eigenvalue weighted by Gasteiger charge is -2.16. The highest BCUT2D eigenvalue weighted by atomic mass is 16.3. The summed E-state index contributed by atoms with van der Waals surface area (Å²) in [6.07, 6.45) is 4.14. The molecule has 1 aromatic heterocycles. The second-order valence-corrected chi connectivity index (χ2v) is 4.24. The first kappa shape index (κ1) is 11.1. The molecule has 1 heterocycles. The van der Waals surface area contributed by atoms with Crippen LogP contribution < -0.4 is 5.32 Å². The lowest BCUT2D eigenvalue weighted by atomic mass is 10.2. The molecule has 1 fully saturated rings. The molecule has 2 unspecified atom stereocenters. The Morgan fingerprint density at radius 1 is 1.50 bits per heavy atom. The van der Waals surface area contributed by atoms with E-state index in [0.717, 1.165) is 25.1 Å². The molecule has 1 saturated carbocycles. The number of aromatic nitrogens is 1. The van der Waals surface area contributed by atoms with Crippen molar-refractivity contribution < 1.29 is 9.90 Å². The molecule has 2 atom stereocenters. The topological polar surface area (TPSA) is 62.2 Å². The summed E-state index contributed by atoms with van der Waals surface area (Å²) in [4.78, 5) is 15.2. The fraction of sp³-hybridized carbons (Fsp3) is 0.500. The molecule has 2 rings (SSSR count). The Labute approximate surface area is 94.7 Å². The molecule has 4 nitrogen and oxygen atoms in total. The SMILES string of the molecule is CC(=O)c1ccc(NC2CCCC2O)nc1. The van der Waals surface area contributed by atoms with Gasteiger partial charge in [0.1, 0.15) is 5.82 Å². The van der Waals surface area contributed by atoms with Gasteiger partial charge in [0.25, 0.3) is 0 Å². The van der Waals surface area contributed by atoms with E-state index >= 15 is 0 Å². The van der Waals surface area contributed by atoms with Gasteiger partial charge in [-0.25, -0.2) is 4.98 Å². The number of nitrogens with zero attached hydrogens (tertiary/aromatic N) is 1. The maximum Gasteiger partial charge on any atom is 0.161 e. The van der Waals surface area contributed by atoms with Crippen LogP contribution in [-0.2, 0) is 0 Å². The number of aliphatic hydroxyl groups excluding tert-OH is 1. The van der Waals surface area contributed by atoms with Crippen molar-refractivity contribution in [2.45, 2.75) is 38.3 Å². The average molecular weight is 220 g/mol.